The summed E-state index contributed by atoms with van der Waals surface area (Å²) in [6, 6.07) is 0. The molecule has 0 amide bonds. The molecule has 0 aromatic heterocycles. The van der Waals surface area contributed by atoms with Crippen molar-refractivity contribution in [2.24, 2.45) is 5.41 Å². The summed E-state index contributed by atoms with van der Waals surface area (Å²) >= 11 is 0. The summed E-state index contributed by atoms with van der Waals surface area (Å²) in [5.74, 6) is 0. The third-order valence-electron chi connectivity index (χ3n) is 2.65. The van der Waals surface area contributed by atoms with Gasteiger partial charge in [0.1, 0.15) is 0 Å². The Morgan fingerprint density at radius 3 is 2.00 bits per heavy atom. The van der Waals surface area contributed by atoms with E-state index in [2.05, 4.69) is 20.8 Å². The molecule has 0 bridgehead atoms. The van der Waals surface area contributed by atoms with Crippen molar-refractivity contribution in [3.05, 3.63) is 0 Å². The van der Waals surface area contributed by atoms with Gasteiger partial charge in [-0.1, -0.05) is 33.6 Å². The van der Waals surface area contributed by atoms with Gasteiger partial charge in [0.15, 0.2) is 0 Å². The van der Waals surface area contributed by atoms with Crippen LogP contribution < -0.4 is 0 Å². The van der Waals surface area contributed by atoms with Crippen LogP contribution in [-0.4, -0.2) is 22.9 Å². The van der Waals surface area contributed by atoms with Crippen molar-refractivity contribution in [2.45, 2.75) is 46.1 Å². The Kier molecular flexibility index (Phi) is 4.69. The molecule has 0 rings (SSSR count). The second kappa shape index (κ2) is 4.73. The van der Waals surface area contributed by atoms with Crippen LogP contribution in [0.25, 0.3) is 0 Å². The summed E-state index contributed by atoms with van der Waals surface area (Å²) < 4.78 is 0. The molecule has 2 N–H and O–H groups in total. The highest BCUT2D eigenvalue weighted by Crippen LogP contribution is 2.30. The van der Waals surface area contributed by atoms with E-state index in [9.17, 15) is 5.11 Å². The van der Waals surface area contributed by atoms with Gasteiger partial charge in [0, 0.05) is 0 Å². The second-order valence-corrected chi connectivity index (χ2v) is 3.56. The Hall–Kier alpha value is -0.0800. The molecule has 0 aliphatic rings. The molecule has 0 radical (unpaired) electrons. The van der Waals surface area contributed by atoms with Crippen molar-refractivity contribution in [1.29, 1.82) is 0 Å². The van der Waals surface area contributed by atoms with Crippen molar-refractivity contribution in [1.82, 2.24) is 0 Å². The molecule has 2 heteroatoms. The van der Waals surface area contributed by atoms with Gasteiger partial charge in [-0.2, -0.15) is 0 Å². The maximum atomic E-state index is 9.21. The van der Waals surface area contributed by atoms with Gasteiger partial charge in [-0.15, -0.1) is 0 Å². The zero-order valence-corrected chi connectivity index (χ0v) is 7.80. The summed E-state index contributed by atoms with van der Waals surface area (Å²) in [4.78, 5) is 0. The number of rotatable bonds is 5. The maximum Gasteiger partial charge on any atom is 0.0776 e. The van der Waals surface area contributed by atoms with Gasteiger partial charge in [0.2, 0.25) is 0 Å². The first-order valence-electron chi connectivity index (χ1n) is 4.37. The third kappa shape index (κ3) is 3.73. The Bertz CT molecular complexity index is 97.7. The summed E-state index contributed by atoms with van der Waals surface area (Å²) in [7, 11) is 0. The topological polar surface area (TPSA) is 40.5 Å². The third-order valence-corrected chi connectivity index (χ3v) is 2.65. The smallest absolute Gasteiger partial charge is 0.0776 e. The van der Waals surface area contributed by atoms with Crippen LogP contribution in [0, 0.1) is 5.41 Å². The van der Waals surface area contributed by atoms with Crippen molar-refractivity contribution in [2.75, 3.05) is 6.61 Å². The van der Waals surface area contributed by atoms with Gasteiger partial charge in [-0.05, 0) is 11.8 Å². The summed E-state index contributed by atoms with van der Waals surface area (Å²) in [5, 5.41) is 17.8. The lowest BCUT2D eigenvalue weighted by molar-refractivity contribution is 0.0490. The fraction of sp³-hybridized carbons (Fsp3) is 1.00. The van der Waals surface area contributed by atoms with Gasteiger partial charge >= 0.3 is 0 Å². The van der Waals surface area contributed by atoms with Crippen molar-refractivity contribution >= 4 is 0 Å². The molecule has 0 aliphatic carbocycles. The Morgan fingerprint density at radius 2 is 1.73 bits per heavy atom. The lowest BCUT2D eigenvalue weighted by Gasteiger charge is -2.28. The highest BCUT2D eigenvalue weighted by molar-refractivity contribution is 4.74. The van der Waals surface area contributed by atoms with E-state index in [0.29, 0.717) is 6.42 Å². The predicted octanol–water partition coefficient (Wildman–Crippen LogP) is 1.56. The van der Waals surface area contributed by atoms with Crippen LogP contribution in [0.1, 0.15) is 40.0 Å². The number of aliphatic hydroxyl groups excluding tert-OH is 2. The molecule has 11 heavy (non-hydrogen) atoms. The fourth-order valence-electron chi connectivity index (χ4n) is 1.17. The van der Waals surface area contributed by atoms with Crippen LogP contribution in [0.3, 0.4) is 0 Å². The molecular weight excluding hydrogens is 140 g/mol. The van der Waals surface area contributed by atoms with Crippen LogP contribution in [0.4, 0.5) is 0 Å². The average molecular weight is 160 g/mol. The first-order chi connectivity index (χ1) is 5.08. The molecule has 0 aromatic carbocycles. The Balaban J connectivity index is 3.86. The van der Waals surface area contributed by atoms with E-state index in [1.807, 2.05) is 0 Å². The first-order valence-corrected chi connectivity index (χ1v) is 4.37. The second-order valence-electron chi connectivity index (χ2n) is 3.56. The summed E-state index contributed by atoms with van der Waals surface area (Å²) in [5.41, 5.74) is 0.197. The quantitative estimate of drug-likeness (QED) is 0.640. The van der Waals surface area contributed by atoms with E-state index in [1.54, 1.807) is 0 Å². The van der Waals surface area contributed by atoms with Gasteiger partial charge in [-0.25, -0.2) is 0 Å². The number of hydrogen-bond donors (Lipinski definition) is 2. The number of aliphatic hydroxyl groups is 2. The molecular formula is C9H20O2. The molecule has 0 heterocycles. The van der Waals surface area contributed by atoms with Gasteiger partial charge < -0.3 is 10.2 Å². The molecule has 0 saturated carbocycles. The Morgan fingerprint density at radius 1 is 1.27 bits per heavy atom. The van der Waals surface area contributed by atoms with E-state index in [-0.39, 0.29) is 12.0 Å². The van der Waals surface area contributed by atoms with Crippen molar-refractivity contribution < 1.29 is 10.2 Å². The highest BCUT2D eigenvalue weighted by atomic mass is 16.3. The fourth-order valence-corrected chi connectivity index (χ4v) is 1.17. The lowest BCUT2D eigenvalue weighted by atomic mass is 9.80. The minimum absolute atomic E-state index is 0.115. The van der Waals surface area contributed by atoms with E-state index in [1.165, 1.54) is 0 Å². The van der Waals surface area contributed by atoms with E-state index >= 15 is 0 Å². The van der Waals surface area contributed by atoms with E-state index in [0.717, 1.165) is 12.8 Å². The largest absolute Gasteiger partial charge is 0.394 e. The monoisotopic (exact) mass is 160 g/mol. The normalized spacial score (nSPS) is 15.0. The minimum Gasteiger partial charge on any atom is -0.394 e. The summed E-state index contributed by atoms with van der Waals surface area (Å²) in [6.07, 6.45) is 2.28. The van der Waals surface area contributed by atoms with Gasteiger partial charge in [0.05, 0.1) is 12.7 Å². The molecule has 68 valence electrons. The minimum atomic E-state index is -0.542. The average Bonchev–Trinajstić information content (AvgIpc) is 2.04. The molecule has 0 fully saturated rings. The number of hydrogen-bond acceptors (Lipinski definition) is 2. The highest BCUT2D eigenvalue weighted by Gasteiger charge is 2.22. The summed E-state index contributed by atoms with van der Waals surface area (Å²) in [6.45, 7) is 6.27. The van der Waals surface area contributed by atoms with Crippen molar-refractivity contribution in [3.8, 4) is 0 Å². The predicted molar refractivity (Wildman–Crippen MR) is 46.4 cm³/mol. The van der Waals surface area contributed by atoms with Gasteiger partial charge in [0.25, 0.3) is 0 Å². The first kappa shape index (κ1) is 10.9. The van der Waals surface area contributed by atoms with Crippen LogP contribution in [0.15, 0.2) is 0 Å². The molecule has 1 unspecified atom stereocenters. The molecule has 2 nitrogen and oxygen atoms in total. The molecule has 0 aliphatic heterocycles. The zero-order chi connectivity index (χ0) is 8.91. The van der Waals surface area contributed by atoms with Gasteiger partial charge in [-0.3, -0.25) is 0 Å². The molecule has 1 atom stereocenters. The van der Waals surface area contributed by atoms with Crippen LogP contribution in [-0.2, 0) is 0 Å². The zero-order valence-electron chi connectivity index (χ0n) is 7.80. The SMILES string of the molecule is CCC(C)(CC)CC(O)CO. The maximum absolute atomic E-state index is 9.21. The van der Waals surface area contributed by atoms with E-state index < -0.39 is 6.10 Å². The van der Waals surface area contributed by atoms with Crippen LogP contribution >= 0.6 is 0 Å². The molecule has 0 aromatic rings. The van der Waals surface area contributed by atoms with E-state index in [4.69, 9.17) is 5.11 Å². The van der Waals surface area contributed by atoms with Crippen LogP contribution in [0.2, 0.25) is 0 Å². The Labute approximate surface area is 69.2 Å². The standard InChI is InChI=1S/C9H20O2/c1-4-9(3,5-2)6-8(11)7-10/h8,10-11H,4-7H2,1-3H3. The molecule has 0 spiro atoms. The molecule has 0 saturated heterocycles. The van der Waals surface area contributed by atoms with Crippen molar-refractivity contribution in [3.63, 3.8) is 0 Å². The lowest BCUT2D eigenvalue weighted by Crippen LogP contribution is -2.24. The van der Waals surface area contributed by atoms with Crippen LogP contribution in [0.5, 0.6) is 0 Å².